The van der Waals surface area contributed by atoms with Gasteiger partial charge in [0.15, 0.2) is 0 Å². The maximum absolute atomic E-state index is 6.14. The molecule has 1 unspecified atom stereocenters. The van der Waals surface area contributed by atoms with Gasteiger partial charge < -0.3 is 10.6 Å². The Morgan fingerprint density at radius 2 is 1.80 bits per heavy atom. The lowest BCUT2D eigenvalue weighted by molar-refractivity contribution is 0.258. The molecule has 0 spiro atoms. The van der Waals surface area contributed by atoms with E-state index >= 15 is 0 Å². The van der Waals surface area contributed by atoms with Crippen LogP contribution in [0.2, 0.25) is 0 Å². The number of hydrogen-bond donors (Lipinski definition) is 1. The van der Waals surface area contributed by atoms with Gasteiger partial charge in [-0.05, 0) is 37.4 Å². The van der Waals surface area contributed by atoms with E-state index in [9.17, 15) is 0 Å². The van der Waals surface area contributed by atoms with Gasteiger partial charge in [-0.25, -0.2) is 0 Å². The second-order valence-electron chi connectivity index (χ2n) is 5.83. The standard InChI is InChI=1S/C17H29N3/c1-3-9-19-10-12-20(13-11-19)17-8-6-5-7-15(17)14-16(18)4-2/h5-8,16H,3-4,9-14,18H2,1-2H3. The van der Waals surface area contributed by atoms with E-state index in [2.05, 4.69) is 47.9 Å². The first-order valence-electron chi connectivity index (χ1n) is 8.05. The van der Waals surface area contributed by atoms with E-state index in [1.807, 2.05) is 0 Å². The molecule has 0 aliphatic carbocycles. The minimum absolute atomic E-state index is 0.275. The van der Waals surface area contributed by atoms with Gasteiger partial charge in [0.1, 0.15) is 0 Å². The molecule has 2 N–H and O–H groups in total. The Bertz CT molecular complexity index is 397. The van der Waals surface area contributed by atoms with Crippen LogP contribution in [0.5, 0.6) is 0 Å². The third-order valence-corrected chi connectivity index (χ3v) is 4.25. The summed E-state index contributed by atoms with van der Waals surface area (Å²) < 4.78 is 0. The summed E-state index contributed by atoms with van der Waals surface area (Å²) in [5.74, 6) is 0. The van der Waals surface area contributed by atoms with Crippen LogP contribution in [0.1, 0.15) is 32.3 Å². The van der Waals surface area contributed by atoms with Crippen molar-refractivity contribution in [3.63, 3.8) is 0 Å². The number of rotatable bonds is 6. The summed E-state index contributed by atoms with van der Waals surface area (Å²) in [6, 6.07) is 9.05. The second kappa shape index (κ2) is 7.65. The fourth-order valence-electron chi connectivity index (χ4n) is 2.95. The molecule has 1 aliphatic rings. The SMILES string of the molecule is CCCN1CCN(c2ccccc2CC(N)CC)CC1. The summed E-state index contributed by atoms with van der Waals surface area (Å²) in [6.07, 6.45) is 3.28. The molecular formula is C17H29N3. The van der Waals surface area contributed by atoms with E-state index < -0.39 is 0 Å². The molecule has 2 rings (SSSR count). The van der Waals surface area contributed by atoms with Crippen LogP contribution in [0.25, 0.3) is 0 Å². The van der Waals surface area contributed by atoms with Crippen LogP contribution < -0.4 is 10.6 Å². The Labute approximate surface area is 123 Å². The predicted molar refractivity (Wildman–Crippen MR) is 87.4 cm³/mol. The minimum atomic E-state index is 0.275. The van der Waals surface area contributed by atoms with Crippen LogP contribution in [0.15, 0.2) is 24.3 Å². The van der Waals surface area contributed by atoms with E-state index in [-0.39, 0.29) is 6.04 Å². The Balaban J connectivity index is 2.02. The molecular weight excluding hydrogens is 246 g/mol. The van der Waals surface area contributed by atoms with Gasteiger partial charge in [-0.2, -0.15) is 0 Å². The van der Waals surface area contributed by atoms with Crippen LogP contribution in [0.3, 0.4) is 0 Å². The number of piperazine rings is 1. The average Bonchev–Trinajstić information content (AvgIpc) is 2.49. The highest BCUT2D eigenvalue weighted by Crippen LogP contribution is 2.23. The van der Waals surface area contributed by atoms with E-state index in [1.54, 1.807) is 0 Å². The van der Waals surface area contributed by atoms with Gasteiger partial charge in [0.25, 0.3) is 0 Å². The van der Waals surface area contributed by atoms with Gasteiger partial charge in [-0.1, -0.05) is 32.0 Å². The zero-order valence-electron chi connectivity index (χ0n) is 13.0. The van der Waals surface area contributed by atoms with Gasteiger partial charge in [0.05, 0.1) is 0 Å². The highest BCUT2D eigenvalue weighted by atomic mass is 15.3. The number of anilines is 1. The van der Waals surface area contributed by atoms with Crippen LogP contribution in [0, 0.1) is 0 Å². The number of nitrogens with two attached hydrogens (primary N) is 1. The van der Waals surface area contributed by atoms with Crippen LogP contribution in [0.4, 0.5) is 5.69 Å². The molecule has 0 aromatic heterocycles. The number of hydrogen-bond acceptors (Lipinski definition) is 3. The Morgan fingerprint density at radius 3 is 2.45 bits per heavy atom. The van der Waals surface area contributed by atoms with E-state index in [4.69, 9.17) is 5.73 Å². The molecule has 1 heterocycles. The lowest BCUT2D eigenvalue weighted by Gasteiger charge is -2.37. The van der Waals surface area contributed by atoms with Crippen molar-refractivity contribution in [1.29, 1.82) is 0 Å². The molecule has 3 heteroatoms. The van der Waals surface area contributed by atoms with E-state index in [0.717, 1.165) is 25.9 Å². The van der Waals surface area contributed by atoms with Crippen molar-refractivity contribution in [3.8, 4) is 0 Å². The summed E-state index contributed by atoms with van der Waals surface area (Å²) in [6.45, 7) is 10.3. The quantitative estimate of drug-likeness (QED) is 0.866. The molecule has 1 atom stereocenters. The Hall–Kier alpha value is -1.06. The second-order valence-corrected chi connectivity index (χ2v) is 5.83. The Kier molecular flexibility index (Phi) is 5.86. The van der Waals surface area contributed by atoms with Gasteiger partial charge in [-0.3, -0.25) is 4.90 Å². The summed E-state index contributed by atoms with van der Waals surface area (Å²) in [4.78, 5) is 5.10. The van der Waals surface area contributed by atoms with Crippen molar-refractivity contribution in [3.05, 3.63) is 29.8 Å². The molecule has 3 nitrogen and oxygen atoms in total. The van der Waals surface area contributed by atoms with Crippen molar-refractivity contribution in [2.45, 2.75) is 39.2 Å². The largest absolute Gasteiger partial charge is 0.369 e. The van der Waals surface area contributed by atoms with Crippen molar-refractivity contribution in [2.75, 3.05) is 37.6 Å². The topological polar surface area (TPSA) is 32.5 Å². The van der Waals surface area contributed by atoms with Crippen molar-refractivity contribution in [2.24, 2.45) is 5.73 Å². The molecule has 1 aliphatic heterocycles. The molecule has 0 radical (unpaired) electrons. The highest BCUT2D eigenvalue weighted by molar-refractivity contribution is 5.54. The molecule has 0 saturated carbocycles. The third kappa shape index (κ3) is 3.97. The molecule has 1 aromatic rings. The fourth-order valence-corrected chi connectivity index (χ4v) is 2.95. The summed E-state index contributed by atoms with van der Waals surface area (Å²) in [5, 5.41) is 0. The summed E-state index contributed by atoms with van der Waals surface area (Å²) >= 11 is 0. The van der Waals surface area contributed by atoms with E-state index in [0.29, 0.717) is 0 Å². The minimum Gasteiger partial charge on any atom is -0.369 e. The normalized spacial score (nSPS) is 18.2. The zero-order chi connectivity index (χ0) is 14.4. The van der Waals surface area contributed by atoms with Crippen LogP contribution in [-0.2, 0) is 6.42 Å². The highest BCUT2D eigenvalue weighted by Gasteiger charge is 2.18. The van der Waals surface area contributed by atoms with Crippen molar-refractivity contribution < 1.29 is 0 Å². The summed E-state index contributed by atoms with van der Waals surface area (Å²) in [5.41, 5.74) is 8.94. The van der Waals surface area contributed by atoms with E-state index in [1.165, 1.54) is 37.3 Å². The monoisotopic (exact) mass is 275 g/mol. The Morgan fingerprint density at radius 1 is 1.10 bits per heavy atom. The van der Waals surface area contributed by atoms with Gasteiger partial charge >= 0.3 is 0 Å². The molecule has 112 valence electrons. The van der Waals surface area contributed by atoms with Gasteiger partial charge in [-0.15, -0.1) is 0 Å². The molecule has 1 saturated heterocycles. The lowest BCUT2D eigenvalue weighted by Crippen LogP contribution is -2.46. The maximum atomic E-state index is 6.14. The van der Waals surface area contributed by atoms with Crippen LogP contribution in [-0.4, -0.2) is 43.7 Å². The first kappa shape index (κ1) is 15.3. The molecule has 0 bridgehead atoms. The maximum Gasteiger partial charge on any atom is 0.0400 e. The predicted octanol–water partition coefficient (Wildman–Crippen LogP) is 2.50. The fraction of sp³-hybridized carbons (Fsp3) is 0.647. The van der Waals surface area contributed by atoms with Crippen molar-refractivity contribution >= 4 is 5.69 Å². The van der Waals surface area contributed by atoms with Gasteiger partial charge in [0, 0.05) is 37.9 Å². The third-order valence-electron chi connectivity index (χ3n) is 4.25. The molecule has 20 heavy (non-hydrogen) atoms. The molecule has 0 amide bonds. The average molecular weight is 275 g/mol. The summed E-state index contributed by atoms with van der Waals surface area (Å²) in [7, 11) is 0. The first-order valence-corrected chi connectivity index (χ1v) is 8.05. The van der Waals surface area contributed by atoms with Gasteiger partial charge in [0.2, 0.25) is 0 Å². The smallest absolute Gasteiger partial charge is 0.0400 e. The number of para-hydroxylation sites is 1. The number of nitrogens with zero attached hydrogens (tertiary/aromatic N) is 2. The first-order chi connectivity index (χ1) is 9.74. The van der Waals surface area contributed by atoms with Crippen LogP contribution >= 0.6 is 0 Å². The number of benzene rings is 1. The molecule has 1 aromatic carbocycles. The molecule has 1 fully saturated rings. The zero-order valence-corrected chi connectivity index (χ0v) is 13.0. The lowest BCUT2D eigenvalue weighted by atomic mass is 10.0. The van der Waals surface area contributed by atoms with Crippen molar-refractivity contribution in [1.82, 2.24) is 4.90 Å².